The Morgan fingerprint density at radius 3 is 2.80 bits per heavy atom. The molecular formula is C16H20N2OS. The summed E-state index contributed by atoms with van der Waals surface area (Å²) in [4.78, 5) is 17.2. The average molecular weight is 288 g/mol. The number of rotatable bonds is 4. The molecule has 0 aliphatic heterocycles. The maximum atomic E-state index is 12.6. The number of aromatic nitrogens is 1. The Morgan fingerprint density at radius 2 is 2.25 bits per heavy atom. The molecule has 1 amide bonds. The van der Waals surface area contributed by atoms with Crippen LogP contribution in [0.3, 0.4) is 0 Å². The molecule has 1 aromatic heterocycles. The molecule has 4 atom stereocenters. The lowest BCUT2D eigenvalue weighted by Gasteiger charge is -2.22. The van der Waals surface area contributed by atoms with E-state index in [0.717, 1.165) is 17.1 Å². The predicted octanol–water partition coefficient (Wildman–Crippen LogP) is 3.23. The first kappa shape index (κ1) is 12.6. The van der Waals surface area contributed by atoms with Crippen LogP contribution in [-0.2, 0) is 4.79 Å². The van der Waals surface area contributed by atoms with E-state index in [1.165, 1.54) is 19.3 Å². The minimum Gasteiger partial charge on any atom is -0.346 e. The summed E-state index contributed by atoms with van der Waals surface area (Å²) in [6.07, 6.45) is 9.21. The molecule has 3 aliphatic carbocycles. The highest BCUT2D eigenvalue weighted by atomic mass is 32.1. The molecule has 2 saturated carbocycles. The lowest BCUT2D eigenvalue weighted by Crippen LogP contribution is -2.36. The van der Waals surface area contributed by atoms with Crippen LogP contribution in [-0.4, -0.2) is 10.9 Å². The van der Waals surface area contributed by atoms with Gasteiger partial charge in [0, 0.05) is 17.0 Å². The number of carbonyl (C=O) groups is 1. The molecule has 0 radical (unpaired) electrons. The topological polar surface area (TPSA) is 42.0 Å². The van der Waals surface area contributed by atoms with Crippen molar-refractivity contribution >= 4 is 17.2 Å². The fourth-order valence-corrected chi connectivity index (χ4v) is 4.61. The van der Waals surface area contributed by atoms with Crippen molar-refractivity contribution < 1.29 is 4.79 Å². The van der Waals surface area contributed by atoms with Gasteiger partial charge in [-0.2, -0.15) is 0 Å². The van der Waals surface area contributed by atoms with Crippen molar-refractivity contribution in [2.45, 2.75) is 38.6 Å². The average Bonchev–Trinajstić information content (AvgIpc) is 2.86. The SMILES string of the molecule is Cc1csc([C@H](NC(=O)[C@H]2C[C@H]3C=C[C@H]2C3)C2CC2)n1. The Hall–Kier alpha value is -1.16. The highest BCUT2D eigenvalue weighted by Gasteiger charge is 2.42. The lowest BCUT2D eigenvalue weighted by atomic mass is 9.92. The van der Waals surface area contributed by atoms with Crippen LogP contribution in [0.4, 0.5) is 0 Å². The number of carbonyl (C=O) groups excluding carboxylic acids is 1. The molecular weight excluding hydrogens is 268 g/mol. The number of hydrogen-bond acceptors (Lipinski definition) is 3. The number of hydrogen-bond donors (Lipinski definition) is 1. The molecule has 1 heterocycles. The number of amides is 1. The highest BCUT2D eigenvalue weighted by molar-refractivity contribution is 7.09. The summed E-state index contributed by atoms with van der Waals surface area (Å²) in [7, 11) is 0. The van der Waals surface area contributed by atoms with Gasteiger partial charge in [0.05, 0.1) is 6.04 Å². The molecule has 4 heteroatoms. The van der Waals surface area contributed by atoms with E-state index in [2.05, 4.69) is 27.8 Å². The number of nitrogens with zero attached hydrogens (tertiary/aromatic N) is 1. The van der Waals surface area contributed by atoms with Crippen molar-refractivity contribution in [3.63, 3.8) is 0 Å². The Bertz CT molecular complexity index is 561. The monoisotopic (exact) mass is 288 g/mol. The lowest BCUT2D eigenvalue weighted by molar-refractivity contribution is -0.126. The molecule has 4 rings (SSSR count). The maximum Gasteiger partial charge on any atom is 0.224 e. The van der Waals surface area contributed by atoms with Gasteiger partial charge < -0.3 is 5.32 Å². The zero-order valence-electron chi connectivity index (χ0n) is 11.7. The largest absolute Gasteiger partial charge is 0.346 e. The van der Waals surface area contributed by atoms with Crippen LogP contribution < -0.4 is 5.32 Å². The summed E-state index contributed by atoms with van der Waals surface area (Å²) < 4.78 is 0. The second-order valence-electron chi connectivity index (χ2n) is 6.54. The van der Waals surface area contributed by atoms with E-state index in [-0.39, 0.29) is 17.9 Å². The highest BCUT2D eigenvalue weighted by Crippen LogP contribution is 2.45. The molecule has 3 nitrogen and oxygen atoms in total. The maximum absolute atomic E-state index is 12.6. The van der Waals surface area contributed by atoms with E-state index >= 15 is 0 Å². The Balaban J connectivity index is 1.48. The van der Waals surface area contributed by atoms with Gasteiger partial charge in [-0.05, 0) is 50.4 Å². The van der Waals surface area contributed by atoms with E-state index < -0.39 is 0 Å². The molecule has 1 N–H and O–H groups in total. The predicted molar refractivity (Wildman–Crippen MR) is 79.3 cm³/mol. The third-order valence-corrected chi connectivity index (χ3v) is 5.96. The van der Waals surface area contributed by atoms with Crippen molar-refractivity contribution in [3.8, 4) is 0 Å². The van der Waals surface area contributed by atoms with Gasteiger partial charge in [-0.25, -0.2) is 4.98 Å². The van der Waals surface area contributed by atoms with E-state index in [1.54, 1.807) is 11.3 Å². The first-order chi connectivity index (χ1) is 9.70. The van der Waals surface area contributed by atoms with Crippen LogP contribution in [0.1, 0.15) is 42.4 Å². The van der Waals surface area contributed by atoms with Crippen molar-refractivity contribution in [1.82, 2.24) is 10.3 Å². The van der Waals surface area contributed by atoms with Gasteiger partial charge in [-0.15, -0.1) is 11.3 Å². The van der Waals surface area contributed by atoms with Gasteiger partial charge in [0.25, 0.3) is 0 Å². The minimum atomic E-state index is 0.157. The fourth-order valence-electron chi connectivity index (χ4n) is 3.67. The zero-order chi connectivity index (χ0) is 13.7. The first-order valence-electron chi connectivity index (χ1n) is 7.61. The molecule has 0 spiro atoms. The summed E-state index contributed by atoms with van der Waals surface area (Å²) in [6, 6.07) is 0.157. The van der Waals surface area contributed by atoms with Crippen LogP contribution in [0.5, 0.6) is 0 Å². The molecule has 2 bridgehead atoms. The second kappa shape index (κ2) is 4.69. The van der Waals surface area contributed by atoms with E-state index in [4.69, 9.17) is 0 Å². The van der Waals surface area contributed by atoms with Crippen LogP contribution >= 0.6 is 11.3 Å². The second-order valence-corrected chi connectivity index (χ2v) is 7.43. The quantitative estimate of drug-likeness (QED) is 0.864. The Kier molecular flexibility index (Phi) is 2.95. The molecule has 0 aromatic carbocycles. The normalized spacial score (nSPS) is 32.5. The molecule has 20 heavy (non-hydrogen) atoms. The number of allylic oxidation sites excluding steroid dienone is 2. The van der Waals surface area contributed by atoms with Gasteiger partial charge in [0.1, 0.15) is 5.01 Å². The molecule has 0 saturated heterocycles. The van der Waals surface area contributed by atoms with E-state index in [0.29, 0.717) is 17.8 Å². The van der Waals surface area contributed by atoms with Crippen LogP contribution in [0, 0.1) is 30.6 Å². The van der Waals surface area contributed by atoms with E-state index in [1.807, 2.05) is 6.92 Å². The summed E-state index contributed by atoms with van der Waals surface area (Å²) in [5, 5.41) is 6.49. The minimum absolute atomic E-state index is 0.157. The van der Waals surface area contributed by atoms with Crippen molar-refractivity contribution in [2.75, 3.05) is 0 Å². The summed E-state index contributed by atoms with van der Waals surface area (Å²) in [5.74, 6) is 2.20. The fraction of sp³-hybridized carbons (Fsp3) is 0.625. The van der Waals surface area contributed by atoms with Gasteiger partial charge in [0.15, 0.2) is 0 Å². The number of thiazole rings is 1. The van der Waals surface area contributed by atoms with Crippen molar-refractivity contribution in [2.24, 2.45) is 23.7 Å². The van der Waals surface area contributed by atoms with E-state index in [9.17, 15) is 4.79 Å². The smallest absolute Gasteiger partial charge is 0.224 e. The summed E-state index contributed by atoms with van der Waals surface area (Å²) >= 11 is 1.69. The first-order valence-corrected chi connectivity index (χ1v) is 8.49. The molecule has 3 aliphatic rings. The van der Waals surface area contributed by atoms with Gasteiger partial charge >= 0.3 is 0 Å². The molecule has 1 aromatic rings. The molecule has 106 valence electrons. The van der Waals surface area contributed by atoms with Gasteiger partial charge in [-0.1, -0.05) is 12.2 Å². The van der Waals surface area contributed by atoms with Crippen molar-refractivity contribution in [1.29, 1.82) is 0 Å². The zero-order valence-corrected chi connectivity index (χ0v) is 12.5. The van der Waals surface area contributed by atoms with Crippen LogP contribution in [0.25, 0.3) is 0 Å². The summed E-state index contributed by atoms with van der Waals surface area (Å²) in [5.41, 5.74) is 1.06. The number of fused-ring (bicyclic) bond motifs is 2. The number of aryl methyl sites for hydroxylation is 1. The summed E-state index contributed by atoms with van der Waals surface area (Å²) in [6.45, 7) is 2.02. The van der Waals surface area contributed by atoms with Crippen LogP contribution in [0.15, 0.2) is 17.5 Å². The standard InChI is InChI=1S/C16H20N2OS/c1-9-8-20-16(17-9)14(11-4-5-11)18-15(19)13-7-10-2-3-12(13)6-10/h2-3,8,10-14H,4-7H2,1H3,(H,18,19)/t10-,12-,13-,14+/m0/s1. The van der Waals surface area contributed by atoms with Crippen molar-refractivity contribution in [3.05, 3.63) is 28.2 Å². The van der Waals surface area contributed by atoms with Gasteiger partial charge in [-0.3, -0.25) is 4.79 Å². The van der Waals surface area contributed by atoms with Gasteiger partial charge in [0.2, 0.25) is 5.91 Å². The Labute approximate surface area is 123 Å². The Morgan fingerprint density at radius 1 is 1.40 bits per heavy atom. The number of nitrogens with one attached hydrogen (secondary N) is 1. The molecule has 0 unspecified atom stereocenters. The molecule has 2 fully saturated rings. The third kappa shape index (κ3) is 2.20. The third-order valence-electron chi connectivity index (χ3n) is 4.91. The van der Waals surface area contributed by atoms with Crippen LogP contribution in [0.2, 0.25) is 0 Å².